The van der Waals surface area contributed by atoms with Crippen molar-refractivity contribution in [2.75, 3.05) is 12.4 Å². The maximum atomic E-state index is 11.7. The molecule has 2 atom stereocenters. The van der Waals surface area contributed by atoms with E-state index in [9.17, 15) is 4.79 Å². The number of anilines is 1. The molecule has 0 saturated heterocycles. The Labute approximate surface area is 102 Å². The van der Waals surface area contributed by atoms with Crippen LogP contribution in [0.5, 0.6) is 0 Å². The van der Waals surface area contributed by atoms with E-state index in [1.165, 1.54) is 0 Å². The number of carbonyl (C=O) groups is 1. The molecular weight excluding hydrogens is 214 g/mol. The first-order chi connectivity index (χ1) is 8.20. The molecule has 0 spiro atoms. The highest BCUT2D eigenvalue weighted by Gasteiger charge is 2.32. The zero-order valence-electron chi connectivity index (χ0n) is 10.4. The lowest BCUT2D eigenvalue weighted by Crippen LogP contribution is -2.36. The number of hydrogen-bond acceptors (Lipinski definition) is 3. The summed E-state index contributed by atoms with van der Waals surface area (Å²) in [4.78, 5) is 16.1. The molecule has 4 nitrogen and oxygen atoms in total. The quantitative estimate of drug-likeness (QED) is 0.835. The number of hydrogen-bond donors (Lipinski definition) is 2. The first-order valence-electron chi connectivity index (χ1n) is 6.12. The zero-order valence-corrected chi connectivity index (χ0v) is 10.4. The monoisotopic (exact) mass is 233 g/mol. The summed E-state index contributed by atoms with van der Waals surface area (Å²) in [5.41, 5.74) is 0.990. The lowest BCUT2D eigenvalue weighted by molar-refractivity contribution is -0.124. The summed E-state index contributed by atoms with van der Waals surface area (Å²) < 4.78 is 0. The molecule has 2 N–H and O–H groups in total. The van der Waals surface area contributed by atoms with Crippen molar-refractivity contribution in [3.63, 3.8) is 0 Å². The number of aryl methyl sites for hydroxylation is 1. The fourth-order valence-corrected chi connectivity index (χ4v) is 2.45. The normalized spacial score (nSPS) is 23.4. The number of carbonyl (C=O) groups excluding carboxylic acids is 1. The van der Waals surface area contributed by atoms with Gasteiger partial charge in [0.1, 0.15) is 5.82 Å². The Balaban J connectivity index is 2.05. The molecule has 2 rings (SSSR count). The van der Waals surface area contributed by atoms with Crippen molar-refractivity contribution >= 4 is 11.7 Å². The zero-order chi connectivity index (χ0) is 12.3. The topological polar surface area (TPSA) is 54.0 Å². The Morgan fingerprint density at radius 2 is 2.24 bits per heavy atom. The number of nitrogens with zero attached hydrogens (tertiary/aromatic N) is 1. The lowest BCUT2D eigenvalue weighted by Gasteiger charge is -2.20. The van der Waals surface area contributed by atoms with Gasteiger partial charge in [-0.2, -0.15) is 0 Å². The van der Waals surface area contributed by atoms with Gasteiger partial charge in [-0.1, -0.05) is 12.5 Å². The molecule has 1 aromatic rings. The van der Waals surface area contributed by atoms with Crippen molar-refractivity contribution in [1.29, 1.82) is 0 Å². The Morgan fingerprint density at radius 3 is 2.94 bits per heavy atom. The van der Waals surface area contributed by atoms with E-state index in [0.717, 1.165) is 30.8 Å². The molecule has 1 fully saturated rings. The van der Waals surface area contributed by atoms with Crippen LogP contribution in [0.25, 0.3) is 0 Å². The van der Waals surface area contributed by atoms with Gasteiger partial charge in [0.25, 0.3) is 0 Å². The molecular formula is C13H19N3O. The van der Waals surface area contributed by atoms with Crippen LogP contribution in [-0.2, 0) is 4.79 Å². The third-order valence-corrected chi connectivity index (χ3v) is 3.32. The highest BCUT2D eigenvalue weighted by atomic mass is 16.1. The van der Waals surface area contributed by atoms with Gasteiger partial charge in [0.15, 0.2) is 0 Å². The van der Waals surface area contributed by atoms with Crippen molar-refractivity contribution in [2.45, 2.75) is 32.2 Å². The predicted molar refractivity (Wildman–Crippen MR) is 67.8 cm³/mol. The average molecular weight is 233 g/mol. The summed E-state index contributed by atoms with van der Waals surface area (Å²) in [6.45, 7) is 1.97. The van der Waals surface area contributed by atoms with Crippen LogP contribution in [0.2, 0.25) is 0 Å². The Hall–Kier alpha value is -1.58. The fourth-order valence-electron chi connectivity index (χ4n) is 2.45. The third-order valence-electron chi connectivity index (χ3n) is 3.32. The number of nitrogens with one attached hydrogen (secondary N) is 2. The summed E-state index contributed by atoms with van der Waals surface area (Å²) in [6, 6.07) is 6.11. The first kappa shape index (κ1) is 11.9. The van der Waals surface area contributed by atoms with Gasteiger partial charge in [-0.25, -0.2) is 4.98 Å². The molecule has 1 amide bonds. The van der Waals surface area contributed by atoms with Crippen molar-refractivity contribution in [1.82, 2.24) is 10.3 Å². The summed E-state index contributed by atoms with van der Waals surface area (Å²) in [7, 11) is 1.70. The molecule has 1 aromatic heterocycles. The van der Waals surface area contributed by atoms with Crippen molar-refractivity contribution in [2.24, 2.45) is 5.92 Å². The van der Waals surface area contributed by atoms with Gasteiger partial charge in [0.2, 0.25) is 5.91 Å². The maximum absolute atomic E-state index is 11.7. The average Bonchev–Trinajstić information content (AvgIpc) is 2.76. The Morgan fingerprint density at radius 1 is 1.41 bits per heavy atom. The molecule has 0 unspecified atom stereocenters. The van der Waals surface area contributed by atoms with Gasteiger partial charge in [0.05, 0.1) is 5.92 Å². The predicted octanol–water partition coefficient (Wildman–Crippen LogP) is 1.72. The highest BCUT2D eigenvalue weighted by molar-refractivity contribution is 5.79. The number of rotatable bonds is 3. The molecule has 1 aliphatic rings. The van der Waals surface area contributed by atoms with Gasteiger partial charge in [-0.05, 0) is 31.9 Å². The van der Waals surface area contributed by atoms with E-state index in [-0.39, 0.29) is 17.9 Å². The number of amides is 1. The van der Waals surface area contributed by atoms with Gasteiger partial charge in [-0.15, -0.1) is 0 Å². The van der Waals surface area contributed by atoms with E-state index in [2.05, 4.69) is 15.6 Å². The molecule has 92 valence electrons. The number of pyridine rings is 1. The van der Waals surface area contributed by atoms with Crippen LogP contribution in [0, 0.1) is 12.8 Å². The molecule has 4 heteroatoms. The Kier molecular flexibility index (Phi) is 3.61. The van der Waals surface area contributed by atoms with Crippen LogP contribution in [0.15, 0.2) is 18.2 Å². The van der Waals surface area contributed by atoms with Crippen LogP contribution in [0.1, 0.15) is 25.0 Å². The van der Waals surface area contributed by atoms with Crippen LogP contribution in [-0.4, -0.2) is 24.0 Å². The van der Waals surface area contributed by atoms with Crippen LogP contribution in [0.3, 0.4) is 0 Å². The lowest BCUT2D eigenvalue weighted by atomic mass is 10.0. The van der Waals surface area contributed by atoms with Crippen LogP contribution < -0.4 is 10.6 Å². The summed E-state index contributed by atoms with van der Waals surface area (Å²) in [5.74, 6) is 1.07. The molecule has 1 saturated carbocycles. The van der Waals surface area contributed by atoms with E-state index in [1.54, 1.807) is 7.05 Å². The standard InChI is InChI=1S/C13H19N3O/c1-9-5-3-8-12(15-9)16-11-7-4-6-10(11)13(17)14-2/h3,5,8,10-11H,4,6-7H2,1-2H3,(H,14,17)(H,15,16)/t10-,11+/m0/s1. The second-order valence-electron chi connectivity index (χ2n) is 4.57. The van der Waals surface area contributed by atoms with E-state index >= 15 is 0 Å². The smallest absolute Gasteiger partial charge is 0.224 e. The van der Waals surface area contributed by atoms with Crippen LogP contribution in [0.4, 0.5) is 5.82 Å². The van der Waals surface area contributed by atoms with Gasteiger partial charge in [0, 0.05) is 18.8 Å². The summed E-state index contributed by atoms with van der Waals surface area (Å²) >= 11 is 0. The Bertz CT molecular complexity index is 405. The first-order valence-corrected chi connectivity index (χ1v) is 6.12. The minimum absolute atomic E-state index is 0.0716. The minimum atomic E-state index is 0.0716. The SMILES string of the molecule is CNC(=O)[C@H]1CCC[C@H]1Nc1cccc(C)n1. The van der Waals surface area contributed by atoms with E-state index in [4.69, 9.17) is 0 Å². The third kappa shape index (κ3) is 2.75. The molecule has 17 heavy (non-hydrogen) atoms. The molecule has 1 aliphatic carbocycles. The van der Waals surface area contributed by atoms with Gasteiger partial charge < -0.3 is 10.6 Å². The van der Waals surface area contributed by atoms with Crippen LogP contribution >= 0.6 is 0 Å². The van der Waals surface area contributed by atoms with Crippen molar-refractivity contribution in [3.8, 4) is 0 Å². The van der Waals surface area contributed by atoms with Gasteiger partial charge >= 0.3 is 0 Å². The molecule has 0 aliphatic heterocycles. The van der Waals surface area contributed by atoms with E-state index in [1.807, 2.05) is 25.1 Å². The summed E-state index contributed by atoms with van der Waals surface area (Å²) in [5, 5.41) is 6.11. The minimum Gasteiger partial charge on any atom is -0.367 e. The summed E-state index contributed by atoms with van der Waals surface area (Å²) in [6.07, 6.45) is 3.10. The van der Waals surface area contributed by atoms with Crippen molar-refractivity contribution < 1.29 is 4.79 Å². The second kappa shape index (κ2) is 5.17. The van der Waals surface area contributed by atoms with Gasteiger partial charge in [-0.3, -0.25) is 4.79 Å². The van der Waals surface area contributed by atoms with E-state index in [0.29, 0.717) is 0 Å². The van der Waals surface area contributed by atoms with Crippen molar-refractivity contribution in [3.05, 3.63) is 23.9 Å². The number of aromatic nitrogens is 1. The fraction of sp³-hybridized carbons (Fsp3) is 0.538. The molecule has 0 bridgehead atoms. The maximum Gasteiger partial charge on any atom is 0.224 e. The molecule has 0 radical (unpaired) electrons. The largest absolute Gasteiger partial charge is 0.367 e. The van der Waals surface area contributed by atoms with E-state index < -0.39 is 0 Å². The highest BCUT2D eigenvalue weighted by Crippen LogP contribution is 2.28. The molecule has 1 heterocycles. The molecule has 0 aromatic carbocycles. The second-order valence-corrected chi connectivity index (χ2v) is 4.57.